The molecule has 100 valence electrons. The van der Waals surface area contributed by atoms with Crippen LogP contribution in [0.5, 0.6) is 0 Å². The maximum atomic E-state index is 13.2. The van der Waals surface area contributed by atoms with Crippen molar-refractivity contribution in [1.29, 1.82) is 0 Å². The number of nitrogens with two attached hydrogens (primary N) is 1. The molecule has 3 heteroatoms. The lowest BCUT2D eigenvalue weighted by molar-refractivity contribution is 0.182. The average molecular weight is 314 g/mol. The zero-order valence-electron chi connectivity index (χ0n) is 11.0. The van der Waals surface area contributed by atoms with Crippen LogP contribution < -0.4 is 5.73 Å². The van der Waals surface area contributed by atoms with Gasteiger partial charge in [-0.2, -0.15) is 0 Å². The summed E-state index contributed by atoms with van der Waals surface area (Å²) < 4.78 is 13.7. The summed E-state index contributed by atoms with van der Waals surface area (Å²) in [4.78, 5) is 0. The molecule has 1 fully saturated rings. The molecule has 2 N–H and O–H groups in total. The van der Waals surface area contributed by atoms with Crippen LogP contribution in [0.15, 0.2) is 22.7 Å². The minimum atomic E-state index is -0.213. The Kier molecular flexibility index (Phi) is 4.12. The second kappa shape index (κ2) is 5.30. The summed E-state index contributed by atoms with van der Waals surface area (Å²) in [5, 5.41) is 0. The highest BCUT2D eigenvalue weighted by Crippen LogP contribution is 2.36. The summed E-state index contributed by atoms with van der Waals surface area (Å²) in [5.41, 5.74) is 7.54. The van der Waals surface area contributed by atoms with E-state index in [-0.39, 0.29) is 11.4 Å². The zero-order chi connectivity index (χ0) is 13.3. The molecule has 0 amide bonds. The lowest BCUT2D eigenvalue weighted by Gasteiger charge is -2.40. The summed E-state index contributed by atoms with van der Waals surface area (Å²) >= 11 is 3.24. The van der Waals surface area contributed by atoms with Crippen molar-refractivity contribution >= 4 is 15.9 Å². The molecule has 0 radical (unpaired) electrons. The molecule has 0 heterocycles. The predicted octanol–water partition coefficient (Wildman–Crippen LogP) is 4.28. The third-order valence-corrected chi connectivity index (χ3v) is 4.46. The van der Waals surface area contributed by atoms with Crippen LogP contribution in [0.4, 0.5) is 4.39 Å². The van der Waals surface area contributed by atoms with Crippen LogP contribution >= 0.6 is 15.9 Å². The van der Waals surface area contributed by atoms with E-state index in [2.05, 4.69) is 29.8 Å². The molecule has 0 bridgehead atoms. The molecule has 2 unspecified atom stereocenters. The second-order valence-electron chi connectivity index (χ2n) is 6.14. The number of halogens is 2. The van der Waals surface area contributed by atoms with Gasteiger partial charge in [0.1, 0.15) is 5.82 Å². The van der Waals surface area contributed by atoms with Crippen LogP contribution in [0, 0.1) is 17.7 Å². The SMILES string of the molecule is CC1CC(C)CC(N)(Cc2ccc(F)c(Br)c2)C1. The van der Waals surface area contributed by atoms with E-state index in [0.717, 1.165) is 24.8 Å². The van der Waals surface area contributed by atoms with Crippen molar-refractivity contribution in [2.24, 2.45) is 17.6 Å². The number of hydrogen-bond acceptors (Lipinski definition) is 1. The first kappa shape index (κ1) is 14.0. The summed E-state index contributed by atoms with van der Waals surface area (Å²) in [6.07, 6.45) is 4.23. The van der Waals surface area contributed by atoms with E-state index in [0.29, 0.717) is 16.3 Å². The van der Waals surface area contributed by atoms with Crippen LogP contribution in [-0.2, 0) is 6.42 Å². The van der Waals surface area contributed by atoms with E-state index in [1.165, 1.54) is 12.5 Å². The van der Waals surface area contributed by atoms with Gasteiger partial charge in [-0.3, -0.25) is 0 Å². The molecule has 2 atom stereocenters. The van der Waals surface area contributed by atoms with Crippen LogP contribution in [-0.4, -0.2) is 5.54 Å². The molecule has 0 saturated heterocycles. The number of hydrogen-bond donors (Lipinski definition) is 1. The van der Waals surface area contributed by atoms with Gasteiger partial charge >= 0.3 is 0 Å². The Morgan fingerprint density at radius 3 is 2.50 bits per heavy atom. The van der Waals surface area contributed by atoms with E-state index in [1.54, 1.807) is 0 Å². The van der Waals surface area contributed by atoms with Crippen molar-refractivity contribution in [3.63, 3.8) is 0 Å². The quantitative estimate of drug-likeness (QED) is 0.866. The summed E-state index contributed by atoms with van der Waals surface area (Å²) in [5.74, 6) is 1.15. The third kappa shape index (κ3) is 3.33. The fraction of sp³-hybridized carbons (Fsp3) is 0.600. The van der Waals surface area contributed by atoms with Crippen molar-refractivity contribution in [1.82, 2.24) is 0 Å². The predicted molar refractivity (Wildman–Crippen MR) is 76.9 cm³/mol. The van der Waals surface area contributed by atoms with Crippen molar-refractivity contribution in [2.75, 3.05) is 0 Å². The molecule has 1 aliphatic rings. The molecule has 18 heavy (non-hydrogen) atoms. The standard InChI is InChI=1S/C15H21BrFN/c1-10-5-11(2)8-15(18,7-10)9-12-3-4-14(17)13(16)6-12/h3-4,6,10-11H,5,7-9,18H2,1-2H3. The highest BCUT2D eigenvalue weighted by Gasteiger charge is 2.34. The molecule has 1 nitrogen and oxygen atoms in total. The number of benzene rings is 1. The number of rotatable bonds is 2. The van der Waals surface area contributed by atoms with Gasteiger partial charge in [-0.05, 0) is 71.1 Å². The summed E-state index contributed by atoms with van der Waals surface area (Å²) in [6, 6.07) is 5.21. The molecular weight excluding hydrogens is 293 g/mol. The Morgan fingerprint density at radius 2 is 1.94 bits per heavy atom. The lowest BCUT2D eigenvalue weighted by Crippen LogP contribution is -2.48. The zero-order valence-corrected chi connectivity index (χ0v) is 12.6. The van der Waals surface area contributed by atoms with Crippen molar-refractivity contribution in [3.8, 4) is 0 Å². The molecule has 0 aromatic heterocycles. The molecule has 2 rings (SSSR count). The highest BCUT2D eigenvalue weighted by atomic mass is 79.9. The van der Waals surface area contributed by atoms with Gasteiger partial charge in [0.2, 0.25) is 0 Å². The highest BCUT2D eigenvalue weighted by molar-refractivity contribution is 9.10. The first-order valence-electron chi connectivity index (χ1n) is 6.61. The summed E-state index contributed by atoms with van der Waals surface area (Å²) in [7, 11) is 0. The van der Waals surface area contributed by atoms with E-state index in [4.69, 9.17) is 5.73 Å². The minimum absolute atomic E-state index is 0.131. The molecule has 0 spiro atoms. The molecule has 1 saturated carbocycles. The average Bonchev–Trinajstić information content (AvgIpc) is 2.21. The second-order valence-corrected chi connectivity index (χ2v) is 7.00. The van der Waals surface area contributed by atoms with E-state index < -0.39 is 0 Å². The summed E-state index contributed by atoms with van der Waals surface area (Å²) in [6.45, 7) is 4.55. The third-order valence-electron chi connectivity index (χ3n) is 3.85. The Bertz CT molecular complexity index is 423. The fourth-order valence-corrected chi connectivity index (χ4v) is 3.95. The first-order valence-corrected chi connectivity index (χ1v) is 7.40. The Labute approximate surface area is 117 Å². The maximum absolute atomic E-state index is 13.2. The van der Waals surface area contributed by atoms with E-state index in [1.807, 2.05) is 12.1 Å². The van der Waals surface area contributed by atoms with Gasteiger partial charge in [-0.15, -0.1) is 0 Å². The van der Waals surface area contributed by atoms with Crippen molar-refractivity contribution in [2.45, 2.75) is 45.1 Å². The molecular formula is C15H21BrFN. The van der Waals surface area contributed by atoms with Gasteiger partial charge < -0.3 is 5.73 Å². The monoisotopic (exact) mass is 313 g/mol. The van der Waals surface area contributed by atoms with E-state index >= 15 is 0 Å². The molecule has 1 aliphatic carbocycles. The van der Waals surface area contributed by atoms with Gasteiger partial charge in [0, 0.05) is 5.54 Å². The van der Waals surface area contributed by atoms with E-state index in [9.17, 15) is 4.39 Å². The smallest absolute Gasteiger partial charge is 0.137 e. The molecule has 1 aromatic carbocycles. The van der Waals surface area contributed by atoms with Gasteiger partial charge in [0.25, 0.3) is 0 Å². The maximum Gasteiger partial charge on any atom is 0.137 e. The first-order chi connectivity index (χ1) is 8.38. The largest absolute Gasteiger partial charge is 0.325 e. The molecule has 1 aromatic rings. The minimum Gasteiger partial charge on any atom is -0.325 e. The van der Waals surface area contributed by atoms with Crippen molar-refractivity contribution in [3.05, 3.63) is 34.1 Å². The lowest BCUT2D eigenvalue weighted by atomic mass is 9.70. The van der Waals surface area contributed by atoms with Crippen LogP contribution in [0.25, 0.3) is 0 Å². The molecule has 0 aliphatic heterocycles. The van der Waals surface area contributed by atoms with Crippen LogP contribution in [0.3, 0.4) is 0 Å². The van der Waals surface area contributed by atoms with Crippen LogP contribution in [0.2, 0.25) is 0 Å². The van der Waals surface area contributed by atoms with Gasteiger partial charge in [-0.25, -0.2) is 4.39 Å². The van der Waals surface area contributed by atoms with Gasteiger partial charge in [0.05, 0.1) is 4.47 Å². The normalized spacial score (nSPS) is 32.5. The Balaban J connectivity index is 2.13. The van der Waals surface area contributed by atoms with Gasteiger partial charge in [-0.1, -0.05) is 19.9 Å². The topological polar surface area (TPSA) is 26.0 Å². The fourth-order valence-electron chi connectivity index (χ4n) is 3.53. The van der Waals surface area contributed by atoms with Gasteiger partial charge in [0.15, 0.2) is 0 Å². The van der Waals surface area contributed by atoms with Crippen molar-refractivity contribution < 1.29 is 4.39 Å². The Morgan fingerprint density at radius 1 is 1.33 bits per heavy atom. The Hall–Kier alpha value is -0.410. The van der Waals surface area contributed by atoms with Crippen LogP contribution in [0.1, 0.15) is 38.7 Å².